The monoisotopic (exact) mass is 315 g/mol. The summed E-state index contributed by atoms with van der Waals surface area (Å²) < 4.78 is 0. The molecule has 0 saturated carbocycles. The molecule has 0 radical (unpaired) electrons. The minimum atomic E-state index is -0.0902. The number of rotatable bonds is 3. The molecule has 0 atom stereocenters. The summed E-state index contributed by atoms with van der Waals surface area (Å²) in [6.07, 6.45) is 5.85. The number of carbonyl (C=O) groups excluding carboxylic acids is 1. The molecule has 0 spiro atoms. The van der Waals surface area contributed by atoms with Crippen molar-refractivity contribution in [2.45, 2.75) is 32.1 Å². The summed E-state index contributed by atoms with van der Waals surface area (Å²) in [6.45, 7) is 0. The van der Waals surface area contributed by atoms with Gasteiger partial charge in [-0.3, -0.25) is 10.1 Å². The van der Waals surface area contributed by atoms with Crippen LogP contribution >= 0.6 is 11.3 Å². The minimum Gasteiger partial charge on any atom is -0.378 e. The fourth-order valence-electron chi connectivity index (χ4n) is 2.68. The van der Waals surface area contributed by atoms with E-state index in [1.807, 2.05) is 43.3 Å². The lowest BCUT2D eigenvalue weighted by Gasteiger charge is -2.13. The smallest absolute Gasteiger partial charge is 0.257 e. The lowest BCUT2D eigenvalue weighted by atomic mass is 10.2. The molecule has 22 heavy (non-hydrogen) atoms. The number of nitrogens with one attached hydrogen (secondary N) is 1. The van der Waals surface area contributed by atoms with Crippen LogP contribution in [0.5, 0.6) is 0 Å². The molecule has 1 aromatic carbocycles. The van der Waals surface area contributed by atoms with Crippen LogP contribution < -0.4 is 10.2 Å². The van der Waals surface area contributed by atoms with Gasteiger partial charge in [0.1, 0.15) is 0 Å². The second-order valence-electron chi connectivity index (χ2n) is 5.85. The number of thiazole rings is 1. The molecule has 116 valence electrons. The number of aromatic nitrogens is 1. The molecule has 2 aromatic rings. The van der Waals surface area contributed by atoms with E-state index in [4.69, 9.17) is 0 Å². The van der Waals surface area contributed by atoms with Gasteiger partial charge < -0.3 is 4.90 Å². The van der Waals surface area contributed by atoms with Crippen molar-refractivity contribution in [1.82, 2.24) is 4.98 Å². The zero-order valence-electron chi connectivity index (χ0n) is 13.1. The van der Waals surface area contributed by atoms with Crippen molar-refractivity contribution in [3.05, 3.63) is 40.4 Å². The van der Waals surface area contributed by atoms with Crippen LogP contribution in [0.3, 0.4) is 0 Å². The van der Waals surface area contributed by atoms with Crippen LogP contribution in [0.2, 0.25) is 0 Å². The zero-order chi connectivity index (χ0) is 15.5. The first-order chi connectivity index (χ1) is 10.6. The van der Waals surface area contributed by atoms with Gasteiger partial charge in [-0.15, -0.1) is 11.3 Å². The first-order valence-electron chi connectivity index (χ1n) is 7.71. The summed E-state index contributed by atoms with van der Waals surface area (Å²) in [7, 11) is 3.93. The van der Waals surface area contributed by atoms with E-state index in [0.29, 0.717) is 5.56 Å². The molecule has 1 aliphatic rings. The maximum absolute atomic E-state index is 12.4. The third kappa shape index (κ3) is 3.30. The van der Waals surface area contributed by atoms with Crippen molar-refractivity contribution in [2.24, 2.45) is 0 Å². The van der Waals surface area contributed by atoms with Crippen LogP contribution in [0.4, 0.5) is 10.8 Å². The first kappa shape index (κ1) is 15.0. The van der Waals surface area contributed by atoms with Crippen LogP contribution in [0.15, 0.2) is 24.3 Å². The molecule has 1 aromatic heterocycles. The van der Waals surface area contributed by atoms with Crippen LogP contribution in [0.1, 0.15) is 40.2 Å². The van der Waals surface area contributed by atoms with Crippen molar-refractivity contribution in [1.29, 1.82) is 0 Å². The lowest BCUT2D eigenvalue weighted by Crippen LogP contribution is -2.14. The number of nitrogens with zero attached hydrogens (tertiary/aromatic N) is 2. The van der Waals surface area contributed by atoms with Gasteiger partial charge >= 0.3 is 0 Å². The van der Waals surface area contributed by atoms with Gasteiger partial charge in [-0.25, -0.2) is 4.98 Å². The van der Waals surface area contributed by atoms with Crippen LogP contribution in [-0.2, 0) is 12.8 Å². The Hall–Kier alpha value is -1.88. The third-order valence-electron chi connectivity index (χ3n) is 3.94. The second-order valence-corrected chi connectivity index (χ2v) is 6.93. The highest BCUT2D eigenvalue weighted by atomic mass is 32.1. The van der Waals surface area contributed by atoms with Gasteiger partial charge in [0.05, 0.1) is 5.69 Å². The lowest BCUT2D eigenvalue weighted by molar-refractivity contribution is 0.102. The molecule has 0 aliphatic heterocycles. The Morgan fingerprint density at radius 1 is 1.23 bits per heavy atom. The van der Waals surface area contributed by atoms with Crippen molar-refractivity contribution >= 4 is 28.1 Å². The Morgan fingerprint density at radius 2 is 2.05 bits per heavy atom. The fourth-order valence-corrected chi connectivity index (χ4v) is 3.72. The number of fused-ring (bicyclic) bond motifs is 1. The summed E-state index contributed by atoms with van der Waals surface area (Å²) in [4.78, 5) is 20.3. The van der Waals surface area contributed by atoms with Crippen molar-refractivity contribution < 1.29 is 4.79 Å². The predicted molar refractivity (Wildman–Crippen MR) is 92.1 cm³/mol. The van der Waals surface area contributed by atoms with Gasteiger partial charge in [-0.1, -0.05) is 12.5 Å². The van der Waals surface area contributed by atoms with Crippen molar-refractivity contribution in [2.75, 3.05) is 24.3 Å². The normalized spacial score (nSPS) is 14.1. The maximum Gasteiger partial charge on any atom is 0.257 e. The fraction of sp³-hybridized carbons (Fsp3) is 0.412. The Kier molecular flexibility index (Phi) is 4.43. The Balaban J connectivity index is 1.75. The molecular formula is C17H21N3OS. The summed E-state index contributed by atoms with van der Waals surface area (Å²) >= 11 is 1.63. The maximum atomic E-state index is 12.4. The van der Waals surface area contributed by atoms with Crippen LogP contribution in [-0.4, -0.2) is 25.0 Å². The number of aryl methyl sites for hydroxylation is 2. The number of carbonyl (C=O) groups is 1. The molecule has 0 saturated heterocycles. The second kappa shape index (κ2) is 6.48. The molecule has 1 N–H and O–H groups in total. The topological polar surface area (TPSA) is 45.2 Å². The average Bonchev–Trinajstić information content (AvgIpc) is 2.76. The van der Waals surface area contributed by atoms with E-state index in [1.165, 1.54) is 29.8 Å². The first-order valence-corrected chi connectivity index (χ1v) is 8.52. The number of anilines is 2. The molecule has 5 heteroatoms. The predicted octanol–water partition coefficient (Wildman–Crippen LogP) is 3.73. The highest BCUT2D eigenvalue weighted by molar-refractivity contribution is 7.15. The van der Waals surface area contributed by atoms with Gasteiger partial charge in [0.2, 0.25) is 0 Å². The Bertz CT molecular complexity index is 655. The molecular weight excluding hydrogens is 294 g/mol. The van der Waals surface area contributed by atoms with Crippen LogP contribution in [0.25, 0.3) is 0 Å². The standard InChI is InChI=1S/C17H21N3OS/c1-20(2)13-8-6-7-12(11-13)16(21)19-17-18-14-9-4-3-5-10-15(14)22-17/h6-8,11H,3-5,9-10H2,1-2H3,(H,18,19,21). The van der Waals surface area contributed by atoms with E-state index in [2.05, 4.69) is 10.3 Å². The van der Waals surface area contributed by atoms with E-state index < -0.39 is 0 Å². The Labute approximate surface area is 135 Å². The van der Waals surface area contributed by atoms with E-state index in [0.717, 1.165) is 23.7 Å². The largest absolute Gasteiger partial charge is 0.378 e. The van der Waals surface area contributed by atoms with Gasteiger partial charge in [0.25, 0.3) is 5.91 Å². The zero-order valence-corrected chi connectivity index (χ0v) is 13.9. The number of benzene rings is 1. The number of hydrogen-bond donors (Lipinski definition) is 1. The SMILES string of the molecule is CN(C)c1cccc(C(=O)Nc2nc3c(s2)CCCCC3)c1. The minimum absolute atomic E-state index is 0.0902. The molecule has 1 amide bonds. The molecule has 1 heterocycles. The van der Waals surface area contributed by atoms with E-state index in [1.54, 1.807) is 11.3 Å². The van der Waals surface area contributed by atoms with Crippen molar-refractivity contribution in [3.63, 3.8) is 0 Å². The molecule has 0 fully saturated rings. The summed E-state index contributed by atoms with van der Waals surface area (Å²) in [5.41, 5.74) is 2.86. The molecule has 3 rings (SSSR count). The van der Waals surface area contributed by atoms with Gasteiger partial charge in [-0.2, -0.15) is 0 Å². The van der Waals surface area contributed by atoms with Crippen molar-refractivity contribution in [3.8, 4) is 0 Å². The van der Waals surface area contributed by atoms with E-state index >= 15 is 0 Å². The summed E-state index contributed by atoms with van der Waals surface area (Å²) in [5.74, 6) is -0.0902. The Morgan fingerprint density at radius 3 is 2.86 bits per heavy atom. The van der Waals surface area contributed by atoms with Gasteiger partial charge in [0, 0.05) is 30.2 Å². The molecule has 0 unspecified atom stereocenters. The molecule has 1 aliphatic carbocycles. The average molecular weight is 315 g/mol. The summed E-state index contributed by atoms with van der Waals surface area (Å²) in [6, 6.07) is 7.62. The highest BCUT2D eigenvalue weighted by Crippen LogP contribution is 2.29. The molecule has 4 nitrogen and oxygen atoms in total. The van der Waals surface area contributed by atoms with Gasteiger partial charge in [0.15, 0.2) is 5.13 Å². The third-order valence-corrected chi connectivity index (χ3v) is 5.01. The highest BCUT2D eigenvalue weighted by Gasteiger charge is 2.16. The van der Waals surface area contributed by atoms with E-state index in [-0.39, 0.29) is 5.91 Å². The summed E-state index contributed by atoms with van der Waals surface area (Å²) in [5, 5.41) is 3.68. The van der Waals surface area contributed by atoms with E-state index in [9.17, 15) is 4.79 Å². The number of amides is 1. The van der Waals surface area contributed by atoms with Gasteiger partial charge in [-0.05, 0) is 43.9 Å². The van der Waals surface area contributed by atoms with Crippen LogP contribution in [0, 0.1) is 0 Å². The quantitative estimate of drug-likeness (QED) is 0.878. The molecule has 0 bridgehead atoms. The number of hydrogen-bond acceptors (Lipinski definition) is 4.